The quantitative estimate of drug-likeness (QED) is 0.827. The predicted octanol–water partition coefficient (Wildman–Crippen LogP) is 2.81. The van der Waals surface area contributed by atoms with Crippen molar-refractivity contribution in [1.29, 1.82) is 0 Å². The lowest BCUT2D eigenvalue weighted by atomic mass is 9.82. The second kappa shape index (κ2) is 5.67. The molecule has 0 saturated heterocycles. The summed E-state index contributed by atoms with van der Waals surface area (Å²) in [4.78, 5) is 0. The molecule has 0 fully saturated rings. The average Bonchev–Trinajstić information content (AvgIpc) is 2.57. The van der Waals surface area contributed by atoms with E-state index in [4.69, 9.17) is 0 Å². The van der Waals surface area contributed by atoms with Crippen LogP contribution in [0.5, 0.6) is 0 Å². The van der Waals surface area contributed by atoms with Crippen LogP contribution < -0.4 is 0 Å². The fourth-order valence-electron chi connectivity index (χ4n) is 2.47. The van der Waals surface area contributed by atoms with Gasteiger partial charge < -0.3 is 5.11 Å². The molecular formula is C14H26N2O. The Bertz CT molecular complexity index is 353. The minimum Gasteiger partial charge on any atom is -0.393 e. The number of aromatic nitrogens is 2. The van der Waals surface area contributed by atoms with Gasteiger partial charge in [0.25, 0.3) is 0 Å². The van der Waals surface area contributed by atoms with E-state index in [2.05, 4.69) is 43.5 Å². The molecule has 3 nitrogen and oxygen atoms in total. The third-order valence-electron chi connectivity index (χ3n) is 3.08. The van der Waals surface area contributed by atoms with Crippen molar-refractivity contribution in [2.24, 2.45) is 5.41 Å². The summed E-state index contributed by atoms with van der Waals surface area (Å²) in [5, 5.41) is 14.1. The van der Waals surface area contributed by atoms with Gasteiger partial charge in [-0.3, -0.25) is 4.68 Å². The molecule has 0 bridgehead atoms. The molecule has 3 heteroatoms. The van der Waals surface area contributed by atoms with E-state index in [9.17, 15) is 5.11 Å². The van der Waals surface area contributed by atoms with Crippen molar-refractivity contribution in [3.8, 4) is 0 Å². The highest BCUT2D eigenvalue weighted by atomic mass is 16.3. The van der Waals surface area contributed by atoms with Gasteiger partial charge in [0, 0.05) is 12.2 Å². The Morgan fingerprint density at radius 2 is 2.06 bits per heavy atom. The van der Waals surface area contributed by atoms with Gasteiger partial charge in [-0.2, -0.15) is 5.10 Å². The van der Waals surface area contributed by atoms with Crippen molar-refractivity contribution in [2.75, 3.05) is 0 Å². The van der Waals surface area contributed by atoms with Crippen molar-refractivity contribution in [3.05, 3.63) is 17.5 Å². The van der Waals surface area contributed by atoms with E-state index in [1.54, 1.807) is 0 Å². The molecule has 0 aliphatic carbocycles. The molecule has 0 radical (unpaired) electrons. The van der Waals surface area contributed by atoms with Gasteiger partial charge in [0.1, 0.15) is 0 Å². The van der Waals surface area contributed by atoms with Crippen LogP contribution in [0, 0.1) is 5.41 Å². The minimum atomic E-state index is -0.242. The third kappa shape index (κ3) is 4.15. The molecule has 1 atom stereocenters. The molecule has 17 heavy (non-hydrogen) atoms. The smallest absolute Gasteiger partial charge is 0.0624 e. The van der Waals surface area contributed by atoms with Gasteiger partial charge in [-0.1, -0.05) is 20.8 Å². The summed E-state index contributed by atoms with van der Waals surface area (Å²) < 4.78 is 2.09. The molecule has 1 N–H and O–H groups in total. The fraction of sp³-hybridized carbons (Fsp3) is 0.786. The Labute approximate surface area is 105 Å². The van der Waals surface area contributed by atoms with Crippen LogP contribution in [0.2, 0.25) is 0 Å². The highest BCUT2D eigenvalue weighted by Gasteiger charge is 2.23. The van der Waals surface area contributed by atoms with Crippen LogP contribution in [0.25, 0.3) is 0 Å². The van der Waals surface area contributed by atoms with Crippen LogP contribution in [0.1, 0.15) is 52.4 Å². The number of aliphatic hydroxyl groups is 1. The van der Waals surface area contributed by atoms with Crippen molar-refractivity contribution in [1.82, 2.24) is 9.78 Å². The summed E-state index contributed by atoms with van der Waals surface area (Å²) in [6.45, 7) is 11.4. The van der Waals surface area contributed by atoms with Crippen LogP contribution in [0.15, 0.2) is 6.07 Å². The lowest BCUT2D eigenvalue weighted by molar-refractivity contribution is 0.128. The highest BCUT2D eigenvalue weighted by Crippen LogP contribution is 2.27. The van der Waals surface area contributed by atoms with Crippen molar-refractivity contribution < 1.29 is 5.11 Å². The fourth-order valence-corrected chi connectivity index (χ4v) is 2.47. The summed E-state index contributed by atoms with van der Waals surface area (Å²) in [6.07, 6.45) is 2.53. The number of hydrogen-bond acceptors (Lipinski definition) is 2. The lowest BCUT2D eigenvalue weighted by Gasteiger charge is -2.26. The molecule has 1 aromatic heterocycles. The van der Waals surface area contributed by atoms with Crippen LogP contribution in [0.4, 0.5) is 0 Å². The predicted molar refractivity (Wildman–Crippen MR) is 71.1 cm³/mol. The molecule has 0 saturated carbocycles. The first kappa shape index (κ1) is 14.2. The number of aliphatic hydroxyl groups excluding tert-OH is 1. The van der Waals surface area contributed by atoms with E-state index < -0.39 is 0 Å². The maximum atomic E-state index is 9.52. The van der Waals surface area contributed by atoms with Gasteiger partial charge in [-0.05, 0) is 44.6 Å². The zero-order valence-corrected chi connectivity index (χ0v) is 11.8. The monoisotopic (exact) mass is 238 g/mol. The van der Waals surface area contributed by atoms with Gasteiger partial charge in [0.15, 0.2) is 0 Å². The standard InChI is InChI=1S/C14H26N2O/c1-6-12-8-13(16(7-2)15-12)10-14(4,5)9-11(3)17/h8,11,17H,6-7,9-10H2,1-5H3. The molecule has 1 heterocycles. The first-order chi connectivity index (χ1) is 7.88. The second-order valence-corrected chi connectivity index (χ2v) is 5.69. The van der Waals surface area contributed by atoms with Gasteiger partial charge >= 0.3 is 0 Å². The van der Waals surface area contributed by atoms with Crippen LogP contribution in [-0.4, -0.2) is 21.0 Å². The second-order valence-electron chi connectivity index (χ2n) is 5.69. The molecule has 0 spiro atoms. The number of nitrogens with zero attached hydrogens (tertiary/aromatic N) is 2. The van der Waals surface area contributed by atoms with E-state index in [1.165, 1.54) is 5.69 Å². The van der Waals surface area contributed by atoms with Gasteiger partial charge in [0.2, 0.25) is 0 Å². The van der Waals surface area contributed by atoms with Crippen molar-refractivity contribution >= 4 is 0 Å². The Morgan fingerprint density at radius 3 is 2.53 bits per heavy atom. The Kier molecular flexibility index (Phi) is 4.75. The van der Waals surface area contributed by atoms with E-state index in [0.717, 1.165) is 31.5 Å². The summed E-state index contributed by atoms with van der Waals surface area (Å²) in [6, 6.07) is 2.20. The van der Waals surface area contributed by atoms with Crippen LogP contribution in [0.3, 0.4) is 0 Å². The maximum Gasteiger partial charge on any atom is 0.0624 e. The lowest BCUT2D eigenvalue weighted by Crippen LogP contribution is -2.22. The van der Waals surface area contributed by atoms with E-state index in [0.29, 0.717) is 0 Å². The Morgan fingerprint density at radius 1 is 1.41 bits per heavy atom. The first-order valence-electron chi connectivity index (χ1n) is 6.61. The molecule has 98 valence electrons. The number of hydrogen-bond donors (Lipinski definition) is 1. The molecule has 1 aromatic rings. The molecule has 1 unspecified atom stereocenters. The number of rotatable bonds is 6. The van der Waals surface area contributed by atoms with E-state index >= 15 is 0 Å². The summed E-state index contributed by atoms with van der Waals surface area (Å²) in [5.41, 5.74) is 2.57. The van der Waals surface area contributed by atoms with Gasteiger partial charge in [-0.25, -0.2) is 0 Å². The Hall–Kier alpha value is -0.830. The SMILES string of the molecule is CCc1cc(CC(C)(C)CC(C)O)n(CC)n1. The van der Waals surface area contributed by atoms with E-state index in [1.807, 2.05) is 6.92 Å². The highest BCUT2D eigenvalue weighted by molar-refractivity contribution is 5.12. The van der Waals surface area contributed by atoms with Crippen molar-refractivity contribution in [3.63, 3.8) is 0 Å². The largest absolute Gasteiger partial charge is 0.393 e. The average molecular weight is 238 g/mol. The molecule has 0 aromatic carbocycles. The van der Waals surface area contributed by atoms with Gasteiger partial charge in [-0.15, -0.1) is 0 Å². The molecule has 0 aliphatic heterocycles. The van der Waals surface area contributed by atoms with Gasteiger partial charge in [0.05, 0.1) is 11.8 Å². The van der Waals surface area contributed by atoms with Crippen molar-refractivity contribution in [2.45, 2.75) is 66.5 Å². The maximum absolute atomic E-state index is 9.52. The molecule has 0 aliphatic rings. The number of aryl methyl sites for hydroxylation is 2. The minimum absolute atomic E-state index is 0.117. The topological polar surface area (TPSA) is 38.0 Å². The normalized spacial score (nSPS) is 14.0. The first-order valence-corrected chi connectivity index (χ1v) is 6.61. The zero-order valence-electron chi connectivity index (χ0n) is 11.8. The molecule has 1 rings (SSSR count). The van der Waals surface area contributed by atoms with Crippen LogP contribution in [-0.2, 0) is 19.4 Å². The summed E-state index contributed by atoms with van der Waals surface area (Å²) in [5.74, 6) is 0. The Balaban J connectivity index is 2.82. The molecular weight excluding hydrogens is 212 g/mol. The van der Waals surface area contributed by atoms with E-state index in [-0.39, 0.29) is 11.5 Å². The summed E-state index contributed by atoms with van der Waals surface area (Å²) >= 11 is 0. The third-order valence-corrected chi connectivity index (χ3v) is 3.08. The van der Waals surface area contributed by atoms with Crippen LogP contribution >= 0.6 is 0 Å². The zero-order chi connectivity index (χ0) is 13.1. The summed E-state index contributed by atoms with van der Waals surface area (Å²) in [7, 11) is 0. The molecule has 0 amide bonds.